The fourth-order valence-corrected chi connectivity index (χ4v) is 5.25. The maximum Gasteiger partial charge on any atom is 0.260 e. The number of nitrogens with zero attached hydrogens (tertiary/aromatic N) is 4. The number of hydrogen-bond acceptors (Lipinski definition) is 4. The summed E-state index contributed by atoms with van der Waals surface area (Å²) in [4.78, 5) is 17.2. The Morgan fingerprint density at radius 3 is 2.52 bits per heavy atom. The lowest BCUT2D eigenvalue weighted by Crippen LogP contribution is -2.52. The van der Waals surface area contributed by atoms with Crippen molar-refractivity contribution in [2.45, 2.75) is 76.9 Å². The first-order valence-corrected chi connectivity index (χ1v) is 11.1. The van der Waals surface area contributed by atoms with Crippen LogP contribution in [0.1, 0.15) is 57.2 Å². The number of fused-ring (bicyclic) bond motifs is 1. The van der Waals surface area contributed by atoms with Gasteiger partial charge in [0.25, 0.3) is 6.43 Å². The number of likely N-dealkylation sites (tertiary alicyclic amines) is 2. The van der Waals surface area contributed by atoms with Crippen LogP contribution in [-0.4, -0.2) is 70.2 Å². The quantitative estimate of drug-likeness (QED) is 0.829. The Morgan fingerprint density at radius 1 is 1.17 bits per heavy atom. The second-order valence-corrected chi connectivity index (χ2v) is 8.94. The molecule has 0 bridgehead atoms. The van der Waals surface area contributed by atoms with E-state index in [0.29, 0.717) is 18.2 Å². The molecule has 1 aromatic rings. The number of rotatable bonds is 4. The number of carbonyl (C=O) groups is 1. The molecular weight excluding hydrogens is 376 g/mol. The highest BCUT2D eigenvalue weighted by molar-refractivity contribution is 5.81. The third-order valence-corrected chi connectivity index (χ3v) is 7.01. The highest BCUT2D eigenvalue weighted by atomic mass is 19.3. The van der Waals surface area contributed by atoms with Crippen LogP contribution < -0.4 is 5.32 Å². The molecule has 3 aliphatic heterocycles. The van der Waals surface area contributed by atoms with Gasteiger partial charge in [-0.05, 0) is 65.0 Å². The zero-order valence-electron chi connectivity index (χ0n) is 17.5. The molecule has 0 aromatic carbocycles. The van der Waals surface area contributed by atoms with Crippen molar-refractivity contribution in [2.75, 3.05) is 31.5 Å². The lowest BCUT2D eigenvalue weighted by atomic mass is 9.84. The van der Waals surface area contributed by atoms with Crippen molar-refractivity contribution in [2.24, 2.45) is 5.92 Å². The van der Waals surface area contributed by atoms with Crippen molar-refractivity contribution < 1.29 is 13.6 Å². The smallest absolute Gasteiger partial charge is 0.260 e. The molecule has 8 heteroatoms. The molecule has 4 rings (SSSR count). The van der Waals surface area contributed by atoms with Crippen LogP contribution in [0.15, 0.2) is 6.07 Å². The summed E-state index contributed by atoms with van der Waals surface area (Å²) in [6.07, 6.45) is 3.29. The molecule has 0 saturated carbocycles. The minimum atomic E-state index is -2.43. The van der Waals surface area contributed by atoms with E-state index in [2.05, 4.69) is 15.3 Å². The van der Waals surface area contributed by atoms with Crippen LogP contribution in [0.4, 0.5) is 14.6 Å². The average Bonchev–Trinajstić information content (AvgIpc) is 3.12. The Hall–Kier alpha value is -1.70. The monoisotopic (exact) mass is 409 g/mol. The summed E-state index contributed by atoms with van der Waals surface area (Å²) in [5.74, 6) is 1.22. The minimum Gasteiger partial charge on any atom is -0.367 e. The molecule has 1 N–H and O–H groups in total. The third kappa shape index (κ3) is 4.27. The summed E-state index contributed by atoms with van der Waals surface area (Å²) in [5, 5.41) is 7.70. The van der Waals surface area contributed by atoms with E-state index >= 15 is 0 Å². The molecule has 4 heterocycles. The van der Waals surface area contributed by atoms with Gasteiger partial charge < -0.3 is 10.2 Å². The van der Waals surface area contributed by atoms with E-state index in [4.69, 9.17) is 0 Å². The minimum absolute atomic E-state index is 0.00868. The van der Waals surface area contributed by atoms with Gasteiger partial charge in [0.1, 0.15) is 11.9 Å². The van der Waals surface area contributed by atoms with Crippen LogP contribution in [0.3, 0.4) is 0 Å². The SMILES string of the molecule is Cc1cc2n(n1)[C@@H](C(F)F)C[C@@H](C1CCN(C(=O)[C@@H](C)N3CCCCC3)CC1)N2. The average molecular weight is 410 g/mol. The molecule has 0 spiro atoms. The zero-order valence-corrected chi connectivity index (χ0v) is 17.5. The van der Waals surface area contributed by atoms with Gasteiger partial charge in [0.05, 0.1) is 11.7 Å². The molecule has 162 valence electrons. The van der Waals surface area contributed by atoms with Crippen molar-refractivity contribution in [3.05, 3.63) is 11.8 Å². The van der Waals surface area contributed by atoms with Crippen LogP contribution in [0, 0.1) is 12.8 Å². The van der Waals surface area contributed by atoms with Crippen molar-refractivity contribution >= 4 is 11.7 Å². The number of hydrogen-bond donors (Lipinski definition) is 1. The predicted molar refractivity (Wildman–Crippen MR) is 108 cm³/mol. The Balaban J connectivity index is 1.35. The summed E-state index contributed by atoms with van der Waals surface area (Å²) >= 11 is 0. The van der Waals surface area contributed by atoms with Gasteiger partial charge >= 0.3 is 0 Å². The number of anilines is 1. The van der Waals surface area contributed by atoms with Crippen LogP contribution in [0.2, 0.25) is 0 Å². The maximum absolute atomic E-state index is 13.6. The predicted octanol–water partition coefficient (Wildman–Crippen LogP) is 3.29. The normalized spacial score (nSPS) is 27.6. The topological polar surface area (TPSA) is 53.4 Å². The molecule has 6 nitrogen and oxygen atoms in total. The molecule has 1 aromatic heterocycles. The highest BCUT2D eigenvalue weighted by Crippen LogP contribution is 2.37. The van der Waals surface area contributed by atoms with E-state index in [1.54, 1.807) is 0 Å². The molecule has 29 heavy (non-hydrogen) atoms. The van der Waals surface area contributed by atoms with Gasteiger partial charge in [-0.25, -0.2) is 13.5 Å². The van der Waals surface area contributed by atoms with Gasteiger partial charge in [-0.1, -0.05) is 6.42 Å². The van der Waals surface area contributed by atoms with Crippen LogP contribution in [-0.2, 0) is 4.79 Å². The lowest BCUT2D eigenvalue weighted by Gasteiger charge is -2.42. The fraction of sp³-hybridized carbons (Fsp3) is 0.810. The Bertz CT molecular complexity index is 710. The van der Waals surface area contributed by atoms with Gasteiger partial charge in [0.2, 0.25) is 5.91 Å². The van der Waals surface area contributed by atoms with E-state index in [1.807, 2.05) is 24.8 Å². The first-order chi connectivity index (χ1) is 13.9. The second kappa shape index (κ2) is 8.58. The molecule has 0 radical (unpaired) electrons. The number of alkyl halides is 2. The molecule has 3 aliphatic rings. The van der Waals surface area contributed by atoms with Gasteiger partial charge in [0.15, 0.2) is 0 Å². The zero-order chi connectivity index (χ0) is 20.5. The summed E-state index contributed by atoms with van der Waals surface area (Å²) in [6.45, 7) is 7.32. The molecule has 2 fully saturated rings. The first kappa shape index (κ1) is 20.6. The van der Waals surface area contributed by atoms with Gasteiger partial charge in [-0.15, -0.1) is 0 Å². The Labute approximate surface area is 171 Å². The Morgan fingerprint density at radius 2 is 1.86 bits per heavy atom. The van der Waals surface area contributed by atoms with Gasteiger partial charge in [0, 0.05) is 25.2 Å². The second-order valence-electron chi connectivity index (χ2n) is 8.94. The standard InChI is InChI=1S/C21H33F2N5O/c1-14-12-19-24-17(13-18(20(22)23)28(19)25-14)16-6-10-27(11-7-16)21(29)15(2)26-8-4-3-5-9-26/h12,15-18,20,24H,3-11,13H2,1-2H3/t15-,17+,18-/m1/s1. The van der Waals surface area contributed by atoms with Crippen molar-refractivity contribution in [3.8, 4) is 0 Å². The molecule has 2 saturated heterocycles. The number of nitrogens with one attached hydrogen (secondary N) is 1. The number of aryl methyl sites for hydroxylation is 1. The summed E-state index contributed by atoms with van der Waals surface area (Å²) in [7, 11) is 0. The third-order valence-electron chi connectivity index (χ3n) is 7.01. The van der Waals surface area contributed by atoms with E-state index in [-0.39, 0.29) is 18.0 Å². The molecule has 0 aliphatic carbocycles. The van der Waals surface area contributed by atoms with Crippen LogP contribution in [0.25, 0.3) is 0 Å². The van der Waals surface area contributed by atoms with Gasteiger partial charge in [-0.2, -0.15) is 5.10 Å². The van der Waals surface area contributed by atoms with E-state index in [9.17, 15) is 13.6 Å². The summed E-state index contributed by atoms with van der Waals surface area (Å²) in [6, 6.07) is 0.929. The largest absolute Gasteiger partial charge is 0.367 e. The molecule has 1 amide bonds. The highest BCUT2D eigenvalue weighted by Gasteiger charge is 2.39. The number of aromatic nitrogens is 2. The van der Waals surface area contributed by atoms with E-state index in [1.165, 1.54) is 23.9 Å². The maximum atomic E-state index is 13.6. The molecule has 3 atom stereocenters. The van der Waals surface area contributed by atoms with Crippen molar-refractivity contribution in [3.63, 3.8) is 0 Å². The number of halogens is 2. The Kier molecular flexibility index (Phi) is 6.08. The number of amides is 1. The lowest BCUT2D eigenvalue weighted by molar-refractivity contribution is -0.138. The van der Waals surface area contributed by atoms with Crippen LogP contribution in [0.5, 0.6) is 0 Å². The van der Waals surface area contributed by atoms with E-state index < -0.39 is 12.5 Å². The molecular formula is C21H33F2N5O. The van der Waals surface area contributed by atoms with Crippen molar-refractivity contribution in [1.29, 1.82) is 0 Å². The first-order valence-electron chi connectivity index (χ1n) is 11.1. The van der Waals surface area contributed by atoms with Crippen LogP contribution >= 0.6 is 0 Å². The number of carbonyl (C=O) groups excluding carboxylic acids is 1. The fourth-order valence-electron chi connectivity index (χ4n) is 5.25. The van der Waals surface area contributed by atoms with E-state index in [0.717, 1.165) is 44.7 Å². The van der Waals surface area contributed by atoms with Crippen molar-refractivity contribution in [1.82, 2.24) is 19.6 Å². The number of piperidine rings is 2. The summed E-state index contributed by atoms with van der Waals surface area (Å²) < 4.78 is 28.7. The summed E-state index contributed by atoms with van der Waals surface area (Å²) in [5.41, 5.74) is 0.755. The van der Waals surface area contributed by atoms with Gasteiger partial charge in [-0.3, -0.25) is 9.69 Å². The molecule has 0 unspecified atom stereocenters.